The number of unbranched alkanes of at least 4 members (excludes halogenated alkanes) is 21. The molecule has 0 radical (unpaired) electrons. The van der Waals surface area contributed by atoms with Gasteiger partial charge < -0.3 is 9.47 Å². The van der Waals surface area contributed by atoms with E-state index in [9.17, 15) is 0 Å². The largest absolute Gasteiger partial charge is 0.350 e. The van der Waals surface area contributed by atoms with Crippen molar-refractivity contribution in [2.45, 2.75) is 194 Å². The van der Waals surface area contributed by atoms with Crippen molar-refractivity contribution in [3.8, 4) is 0 Å². The first kappa shape index (κ1) is 33.9. The van der Waals surface area contributed by atoms with E-state index in [1.54, 1.807) is 0 Å². The van der Waals surface area contributed by atoms with E-state index in [1.807, 2.05) is 0 Å². The maximum Gasteiger partial charge on any atom is 0.168 e. The molecule has 206 valence electrons. The molecule has 0 unspecified atom stereocenters. The molecule has 0 bridgehead atoms. The molecular formula is C32H66O2. The molecule has 0 aromatic heterocycles. The highest BCUT2D eigenvalue weighted by Gasteiger charge is 2.30. The van der Waals surface area contributed by atoms with Crippen molar-refractivity contribution in [3.05, 3.63) is 0 Å². The highest BCUT2D eigenvalue weighted by atomic mass is 16.7. The molecule has 0 atom stereocenters. The van der Waals surface area contributed by atoms with Gasteiger partial charge in [0.2, 0.25) is 0 Å². The molecule has 0 fully saturated rings. The van der Waals surface area contributed by atoms with Crippen LogP contribution in [0.2, 0.25) is 0 Å². The molecule has 34 heavy (non-hydrogen) atoms. The van der Waals surface area contributed by atoms with E-state index in [1.165, 1.54) is 148 Å². The number of hydrogen-bond acceptors (Lipinski definition) is 2. The van der Waals surface area contributed by atoms with Gasteiger partial charge in [0.25, 0.3) is 0 Å². The van der Waals surface area contributed by atoms with Crippen LogP contribution in [0.15, 0.2) is 0 Å². The van der Waals surface area contributed by atoms with E-state index in [-0.39, 0.29) is 5.79 Å². The predicted molar refractivity (Wildman–Crippen MR) is 153 cm³/mol. The van der Waals surface area contributed by atoms with E-state index in [0.29, 0.717) is 0 Å². The maximum atomic E-state index is 6.22. The van der Waals surface area contributed by atoms with Crippen molar-refractivity contribution in [3.63, 3.8) is 0 Å². The molecule has 0 aromatic rings. The van der Waals surface area contributed by atoms with E-state index < -0.39 is 0 Å². The smallest absolute Gasteiger partial charge is 0.168 e. The van der Waals surface area contributed by atoms with Crippen LogP contribution < -0.4 is 0 Å². The fourth-order valence-electron chi connectivity index (χ4n) is 5.28. The molecule has 0 N–H and O–H groups in total. The van der Waals surface area contributed by atoms with Crippen LogP contribution in [0.4, 0.5) is 0 Å². The molecule has 0 aromatic carbocycles. The zero-order chi connectivity index (χ0) is 25.0. The Labute approximate surface area is 216 Å². The molecule has 2 nitrogen and oxygen atoms in total. The summed E-state index contributed by atoms with van der Waals surface area (Å²) < 4.78 is 12.4. The second kappa shape index (κ2) is 27.5. The molecule has 0 heterocycles. The summed E-state index contributed by atoms with van der Waals surface area (Å²) in [5.41, 5.74) is 0. The molecule has 0 rings (SSSR count). The Morgan fingerprint density at radius 2 is 0.559 bits per heavy atom. The van der Waals surface area contributed by atoms with Crippen molar-refractivity contribution in [2.75, 3.05) is 13.2 Å². The Morgan fingerprint density at radius 1 is 0.324 bits per heavy atom. The van der Waals surface area contributed by atoms with E-state index >= 15 is 0 Å². The van der Waals surface area contributed by atoms with Crippen LogP contribution in [0.1, 0.15) is 188 Å². The zero-order valence-corrected chi connectivity index (χ0v) is 24.4. The summed E-state index contributed by atoms with van der Waals surface area (Å²) in [4.78, 5) is 0. The third kappa shape index (κ3) is 22.4. The highest BCUT2D eigenvalue weighted by molar-refractivity contribution is 4.71. The second-order valence-electron chi connectivity index (χ2n) is 10.7. The van der Waals surface area contributed by atoms with Gasteiger partial charge in [-0.15, -0.1) is 0 Å². The lowest BCUT2D eigenvalue weighted by molar-refractivity contribution is -0.242. The van der Waals surface area contributed by atoms with Crippen molar-refractivity contribution in [1.82, 2.24) is 0 Å². The molecule has 0 aliphatic rings. The molecule has 2 heteroatoms. The molecule has 0 aliphatic heterocycles. The lowest BCUT2D eigenvalue weighted by atomic mass is 9.98. The van der Waals surface area contributed by atoms with Gasteiger partial charge in [0.15, 0.2) is 5.79 Å². The number of hydrogen-bond donors (Lipinski definition) is 0. The van der Waals surface area contributed by atoms with Crippen LogP contribution in [-0.2, 0) is 9.47 Å². The van der Waals surface area contributed by atoms with Gasteiger partial charge in [-0.1, -0.05) is 149 Å². The lowest BCUT2D eigenvalue weighted by Crippen LogP contribution is -2.36. The zero-order valence-electron chi connectivity index (χ0n) is 24.4. The van der Waals surface area contributed by atoms with Gasteiger partial charge in [-0.3, -0.25) is 0 Å². The number of ether oxygens (including phenoxy) is 2. The Hall–Kier alpha value is -0.0800. The summed E-state index contributed by atoms with van der Waals surface area (Å²) in [6.07, 6.45) is 34.3. The van der Waals surface area contributed by atoms with Gasteiger partial charge in [0, 0.05) is 26.1 Å². The van der Waals surface area contributed by atoms with Crippen LogP contribution in [0.5, 0.6) is 0 Å². The summed E-state index contributed by atoms with van der Waals surface area (Å²) in [5.74, 6) is -0.317. The van der Waals surface area contributed by atoms with Crippen molar-refractivity contribution >= 4 is 0 Å². The van der Waals surface area contributed by atoms with Crippen LogP contribution >= 0.6 is 0 Å². The average molecular weight is 483 g/mol. The van der Waals surface area contributed by atoms with Crippen LogP contribution in [-0.4, -0.2) is 19.0 Å². The van der Waals surface area contributed by atoms with Crippen molar-refractivity contribution < 1.29 is 9.47 Å². The third-order valence-corrected chi connectivity index (χ3v) is 7.39. The second-order valence-corrected chi connectivity index (χ2v) is 10.7. The molecule has 0 amide bonds. The van der Waals surface area contributed by atoms with Crippen molar-refractivity contribution in [2.24, 2.45) is 0 Å². The SMILES string of the molecule is CCCCCCCCCCCCCCCCCCC(CCCCCCCCC)(OCC)OCC. The van der Waals surface area contributed by atoms with Gasteiger partial charge in [0.1, 0.15) is 0 Å². The first-order chi connectivity index (χ1) is 16.7. The third-order valence-electron chi connectivity index (χ3n) is 7.39. The first-order valence-corrected chi connectivity index (χ1v) is 16.0. The van der Waals surface area contributed by atoms with E-state index in [2.05, 4.69) is 27.7 Å². The summed E-state index contributed by atoms with van der Waals surface area (Å²) in [7, 11) is 0. The topological polar surface area (TPSA) is 18.5 Å². The average Bonchev–Trinajstić information content (AvgIpc) is 2.83. The minimum atomic E-state index is -0.317. The van der Waals surface area contributed by atoms with Crippen LogP contribution in [0.25, 0.3) is 0 Å². The molecule has 0 spiro atoms. The fourth-order valence-corrected chi connectivity index (χ4v) is 5.28. The van der Waals surface area contributed by atoms with Crippen molar-refractivity contribution in [1.29, 1.82) is 0 Å². The Bertz CT molecular complexity index is 362. The first-order valence-electron chi connectivity index (χ1n) is 16.0. The predicted octanol–water partition coefficient (Wildman–Crippen LogP) is 11.5. The summed E-state index contributed by atoms with van der Waals surface area (Å²) in [5, 5.41) is 0. The van der Waals surface area contributed by atoms with Gasteiger partial charge in [-0.25, -0.2) is 0 Å². The molecule has 0 saturated heterocycles. The Balaban J connectivity index is 3.74. The van der Waals surface area contributed by atoms with Crippen LogP contribution in [0, 0.1) is 0 Å². The van der Waals surface area contributed by atoms with Gasteiger partial charge >= 0.3 is 0 Å². The Kier molecular flexibility index (Phi) is 27.4. The molecule has 0 aliphatic carbocycles. The molecule has 0 saturated carbocycles. The fraction of sp³-hybridized carbons (Fsp3) is 1.00. The van der Waals surface area contributed by atoms with Crippen LogP contribution in [0.3, 0.4) is 0 Å². The summed E-state index contributed by atoms with van der Waals surface area (Å²) in [6.45, 7) is 10.3. The Morgan fingerprint density at radius 3 is 0.794 bits per heavy atom. The highest BCUT2D eigenvalue weighted by Crippen LogP contribution is 2.29. The monoisotopic (exact) mass is 483 g/mol. The quantitative estimate of drug-likeness (QED) is 0.0779. The lowest BCUT2D eigenvalue weighted by Gasteiger charge is -2.33. The van der Waals surface area contributed by atoms with E-state index in [4.69, 9.17) is 9.47 Å². The maximum absolute atomic E-state index is 6.22. The normalized spacial score (nSPS) is 12.0. The van der Waals surface area contributed by atoms with Gasteiger partial charge in [-0.05, 0) is 26.7 Å². The number of rotatable bonds is 29. The standard InChI is InChI=1S/C32H66O2/c1-5-9-11-13-15-16-17-18-19-20-21-22-23-25-27-29-31-32(33-7-3,34-8-4)30-28-26-24-14-12-10-6-2/h5-31H2,1-4H3. The minimum absolute atomic E-state index is 0.317. The molecular weight excluding hydrogens is 416 g/mol. The van der Waals surface area contributed by atoms with Gasteiger partial charge in [0.05, 0.1) is 0 Å². The van der Waals surface area contributed by atoms with Gasteiger partial charge in [-0.2, -0.15) is 0 Å². The van der Waals surface area contributed by atoms with E-state index in [0.717, 1.165) is 26.1 Å². The minimum Gasteiger partial charge on any atom is -0.350 e. The summed E-state index contributed by atoms with van der Waals surface area (Å²) in [6, 6.07) is 0. The summed E-state index contributed by atoms with van der Waals surface area (Å²) >= 11 is 0.